The van der Waals surface area contributed by atoms with E-state index in [0.29, 0.717) is 10.6 Å². The predicted octanol–water partition coefficient (Wildman–Crippen LogP) is 2.60. The molecule has 0 amide bonds. The number of benzene rings is 1. The van der Waals surface area contributed by atoms with Crippen LogP contribution in [-0.2, 0) is 9.84 Å². The second kappa shape index (κ2) is 4.50. The molecule has 0 bridgehead atoms. The van der Waals surface area contributed by atoms with Crippen molar-refractivity contribution >= 4 is 21.4 Å². The molecule has 0 saturated heterocycles. The van der Waals surface area contributed by atoms with Crippen LogP contribution >= 0.6 is 11.6 Å². The van der Waals surface area contributed by atoms with Crippen molar-refractivity contribution < 1.29 is 8.42 Å². The van der Waals surface area contributed by atoms with E-state index in [1.54, 1.807) is 31.2 Å². The number of halogens is 1. The van der Waals surface area contributed by atoms with Gasteiger partial charge >= 0.3 is 0 Å². The summed E-state index contributed by atoms with van der Waals surface area (Å²) in [5, 5.41) is -0.193. The third-order valence-corrected chi connectivity index (χ3v) is 4.73. The normalized spacial score (nSPS) is 13.5. The Morgan fingerprint density at radius 3 is 2.76 bits per heavy atom. The van der Waals surface area contributed by atoms with Crippen LogP contribution in [0.2, 0.25) is 5.02 Å². The van der Waals surface area contributed by atoms with Crippen LogP contribution in [0.15, 0.2) is 41.8 Å². The van der Waals surface area contributed by atoms with E-state index >= 15 is 0 Å². The summed E-state index contributed by atoms with van der Waals surface area (Å²) in [5.74, 6) is 0. The highest BCUT2D eigenvalue weighted by molar-refractivity contribution is 7.91. The third-order valence-electron chi connectivity index (χ3n) is 2.53. The van der Waals surface area contributed by atoms with Gasteiger partial charge in [0, 0.05) is 17.4 Å². The summed E-state index contributed by atoms with van der Waals surface area (Å²) in [6, 6.07) is 6.81. The second-order valence-corrected chi connectivity index (χ2v) is 6.26. The monoisotopic (exact) mass is 270 g/mol. The van der Waals surface area contributed by atoms with Crippen LogP contribution in [0.25, 0.3) is 0 Å². The van der Waals surface area contributed by atoms with Gasteiger partial charge < -0.3 is 4.98 Å². The van der Waals surface area contributed by atoms with Gasteiger partial charge in [-0.1, -0.05) is 23.7 Å². The van der Waals surface area contributed by atoms with Crippen LogP contribution in [0.1, 0.15) is 17.7 Å². The van der Waals surface area contributed by atoms with E-state index < -0.39 is 15.1 Å². The molecule has 1 heterocycles. The first kappa shape index (κ1) is 12.1. The molecule has 6 heteroatoms. The summed E-state index contributed by atoms with van der Waals surface area (Å²) in [4.78, 5) is 6.39. The number of hydrogen-bond donors (Lipinski definition) is 1. The van der Waals surface area contributed by atoms with E-state index in [1.165, 1.54) is 12.4 Å². The number of nitrogens with zero attached hydrogens (tertiary/aromatic N) is 1. The molecule has 0 aliphatic heterocycles. The van der Waals surface area contributed by atoms with E-state index in [9.17, 15) is 8.42 Å². The average molecular weight is 271 g/mol. The van der Waals surface area contributed by atoms with Crippen LogP contribution in [0, 0.1) is 0 Å². The highest BCUT2D eigenvalue weighted by atomic mass is 35.5. The summed E-state index contributed by atoms with van der Waals surface area (Å²) in [6.07, 6.45) is 2.90. The smallest absolute Gasteiger partial charge is 0.225 e. The quantitative estimate of drug-likeness (QED) is 0.932. The second-order valence-electron chi connectivity index (χ2n) is 3.64. The number of hydrogen-bond acceptors (Lipinski definition) is 3. The van der Waals surface area contributed by atoms with Crippen molar-refractivity contribution in [1.82, 2.24) is 9.97 Å². The van der Waals surface area contributed by atoms with Crippen molar-refractivity contribution in [3.8, 4) is 0 Å². The standard InChI is InChI=1S/C11H11ClN2O2S/c1-8(9-3-2-4-10(12)7-9)17(15,16)11-13-5-6-14-11/h2-8H,1H3,(H,13,14)/t8-/m1/s1. The Balaban J connectivity index is 2.42. The fourth-order valence-corrected chi connectivity index (χ4v) is 2.99. The van der Waals surface area contributed by atoms with Crippen molar-refractivity contribution in [2.75, 3.05) is 0 Å². The van der Waals surface area contributed by atoms with E-state index in [2.05, 4.69) is 9.97 Å². The Hall–Kier alpha value is -1.33. The van der Waals surface area contributed by atoms with Gasteiger partial charge in [-0.25, -0.2) is 13.4 Å². The van der Waals surface area contributed by atoms with Gasteiger partial charge in [0.2, 0.25) is 15.0 Å². The minimum atomic E-state index is -3.49. The molecule has 4 nitrogen and oxygen atoms in total. The van der Waals surface area contributed by atoms with Crippen LogP contribution in [0.5, 0.6) is 0 Å². The number of imidazole rings is 1. The minimum absolute atomic E-state index is 0.0232. The Kier molecular flexibility index (Phi) is 3.22. The molecule has 0 fully saturated rings. The molecule has 0 unspecified atom stereocenters. The molecule has 1 N–H and O–H groups in total. The van der Waals surface area contributed by atoms with E-state index in [4.69, 9.17) is 11.6 Å². The van der Waals surface area contributed by atoms with Crippen molar-refractivity contribution in [3.63, 3.8) is 0 Å². The summed E-state index contributed by atoms with van der Waals surface area (Å²) in [5.41, 5.74) is 0.647. The predicted molar refractivity (Wildman–Crippen MR) is 65.6 cm³/mol. The maximum Gasteiger partial charge on any atom is 0.225 e. The number of rotatable bonds is 3. The van der Waals surface area contributed by atoms with Gasteiger partial charge in [0.05, 0.1) is 5.25 Å². The van der Waals surface area contributed by atoms with Gasteiger partial charge in [0.15, 0.2) is 0 Å². The Bertz CT molecular complexity index is 608. The lowest BCUT2D eigenvalue weighted by molar-refractivity contribution is 0.578. The molecule has 2 aromatic rings. The van der Waals surface area contributed by atoms with Crippen LogP contribution in [0.3, 0.4) is 0 Å². The number of H-pyrrole nitrogens is 1. The van der Waals surface area contributed by atoms with Crippen LogP contribution in [0.4, 0.5) is 0 Å². The Morgan fingerprint density at radius 2 is 2.18 bits per heavy atom. The van der Waals surface area contributed by atoms with Crippen molar-refractivity contribution in [3.05, 3.63) is 47.2 Å². The maximum atomic E-state index is 12.2. The summed E-state index contributed by atoms with van der Waals surface area (Å²) >= 11 is 5.85. The fourth-order valence-electron chi connectivity index (χ4n) is 1.51. The van der Waals surface area contributed by atoms with Crippen molar-refractivity contribution in [1.29, 1.82) is 0 Å². The van der Waals surface area contributed by atoms with E-state index in [1.807, 2.05) is 0 Å². The van der Waals surface area contributed by atoms with Crippen molar-refractivity contribution in [2.24, 2.45) is 0 Å². The highest BCUT2D eigenvalue weighted by Gasteiger charge is 2.27. The average Bonchev–Trinajstić information content (AvgIpc) is 2.82. The Labute approximate surface area is 105 Å². The molecule has 1 aromatic heterocycles. The lowest BCUT2D eigenvalue weighted by Crippen LogP contribution is -2.12. The zero-order chi connectivity index (χ0) is 12.5. The molecule has 0 aliphatic carbocycles. The third kappa shape index (κ3) is 2.35. The van der Waals surface area contributed by atoms with E-state index in [-0.39, 0.29) is 5.16 Å². The molecule has 0 spiro atoms. The molecule has 1 aromatic carbocycles. The molecule has 1 atom stereocenters. The minimum Gasteiger partial charge on any atom is -0.336 e. The van der Waals surface area contributed by atoms with E-state index in [0.717, 1.165) is 0 Å². The molecule has 2 rings (SSSR count). The topological polar surface area (TPSA) is 62.8 Å². The molecular weight excluding hydrogens is 260 g/mol. The molecule has 0 saturated carbocycles. The van der Waals surface area contributed by atoms with Gasteiger partial charge in [-0.15, -0.1) is 0 Å². The lowest BCUT2D eigenvalue weighted by Gasteiger charge is -2.11. The first-order valence-corrected chi connectivity index (χ1v) is 6.93. The molecule has 17 heavy (non-hydrogen) atoms. The SMILES string of the molecule is C[C@H](c1cccc(Cl)c1)S(=O)(=O)c1ncc[nH]1. The van der Waals surface area contributed by atoms with Gasteiger partial charge in [0.25, 0.3) is 0 Å². The zero-order valence-corrected chi connectivity index (χ0v) is 10.7. The number of sulfone groups is 1. The maximum absolute atomic E-state index is 12.2. The van der Waals surface area contributed by atoms with Crippen LogP contribution in [-0.4, -0.2) is 18.4 Å². The number of aromatic amines is 1. The molecule has 0 aliphatic rings. The summed E-state index contributed by atoms with van der Waals surface area (Å²) in [7, 11) is -3.49. The Morgan fingerprint density at radius 1 is 1.41 bits per heavy atom. The lowest BCUT2D eigenvalue weighted by atomic mass is 10.2. The zero-order valence-electron chi connectivity index (χ0n) is 9.09. The van der Waals surface area contributed by atoms with Crippen LogP contribution < -0.4 is 0 Å². The largest absolute Gasteiger partial charge is 0.336 e. The van der Waals surface area contributed by atoms with Gasteiger partial charge in [-0.3, -0.25) is 0 Å². The van der Waals surface area contributed by atoms with Gasteiger partial charge in [-0.2, -0.15) is 0 Å². The number of aromatic nitrogens is 2. The van der Waals surface area contributed by atoms with Gasteiger partial charge in [-0.05, 0) is 24.6 Å². The summed E-state index contributed by atoms with van der Waals surface area (Å²) < 4.78 is 24.3. The first-order valence-electron chi connectivity index (χ1n) is 5.00. The first-order chi connectivity index (χ1) is 8.01. The highest BCUT2D eigenvalue weighted by Crippen LogP contribution is 2.27. The van der Waals surface area contributed by atoms with Crippen molar-refractivity contribution in [2.45, 2.75) is 17.3 Å². The number of nitrogens with one attached hydrogen (secondary N) is 1. The molecular formula is C11H11ClN2O2S. The summed E-state index contributed by atoms with van der Waals surface area (Å²) in [6.45, 7) is 1.61. The van der Waals surface area contributed by atoms with Gasteiger partial charge in [0.1, 0.15) is 0 Å². The fraction of sp³-hybridized carbons (Fsp3) is 0.182. The molecule has 0 radical (unpaired) electrons. The molecule has 90 valence electrons.